The Bertz CT molecular complexity index is 650. The van der Waals surface area contributed by atoms with E-state index in [2.05, 4.69) is 10.6 Å². The van der Waals surface area contributed by atoms with Gasteiger partial charge in [-0.15, -0.1) is 0 Å². The normalized spacial score (nSPS) is 11.8. The van der Waals surface area contributed by atoms with Crippen LogP contribution in [0.1, 0.15) is 17.9 Å². The molecular weight excluding hydrogens is 302 g/mol. The van der Waals surface area contributed by atoms with Crippen molar-refractivity contribution in [1.82, 2.24) is 5.32 Å². The molecule has 0 bridgehead atoms. The van der Waals surface area contributed by atoms with Crippen molar-refractivity contribution in [3.05, 3.63) is 65.7 Å². The third-order valence-corrected chi connectivity index (χ3v) is 3.46. The van der Waals surface area contributed by atoms with Gasteiger partial charge in [-0.25, -0.2) is 13.6 Å². The van der Waals surface area contributed by atoms with Crippen LogP contribution in [-0.2, 0) is 0 Å². The second kappa shape index (κ2) is 8.24. The summed E-state index contributed by atoms with van der Waals surface area (Å²) >= 11 is 0. The highest BCUT2D eigenvalue weighted by Crippen LogP contribution is 2.19. The summed E-state index contributed by atoms with van der Waals surface area (Å²) in [6.07, 6.45) is 0.485. The van der Waals surface area contributed by atoms with Crippen molar-refractivity contribution in [1.29, 1.82) is 0 Å². The molecule has 0 saturated heterocycles. The zero-order chi connectivity index (χ0) is 16.7. The minimum Gasteiger partial charge on any atom is -0.396 e. The summed E-state index contributed by atoms with van der Waals surface area (Å²) in [5, 5.41) is 14.0. The van der Waals surface area contributed by atoms with Crippen LogP contribution in [0.5, 0.6) is 0 Å². The smallest absolute Gasteiger partial charge is 0.319 e. The zero-order valence-corrected chi connectivity index (χ0v) is 12.4. The molecule has 3 N–H and O–H groups in total. The number of benzene rings is 2. The number of amides is 2. The highest BCUT2D eigenvalue weighted by atomic mass is 19.2. The molecule has 0 aliphatic rings. The lowest BCUT2D eigenvalue weighted by Crippen LogP contribution is -2.33. The number of aliphatic hydroxyl groups is 1. The molecule has 0 heterocycles. The van der Waals surface area contributed by atoms with E-state index < -0.39 is 17.7 Å². The molecule has 0 radical (unpaired) electrons. The predicted molar refractivity (Wildman–Crippen MR) is 84.3 cm³/mol. The minimum absolute atomic E-state index is 0.0125. The number of anilines is 1. The SMILES string of the molecule is O=C(NCC(CCO)c1ccccc1)Nc1cccc(F)c1F. The van der Waals surface area contributed by atoms with E-state index in [9.17, 15) is 13.6 Å². The van der Waals surface area contributed by atoms with E-state index in [0.717, 1.165) is 11.6 Å². The van der Waals surface area contributed by atoms with Crippen molar-refractivity contribution in [2.24, 2.45) is 0 Å². The summed E-state index contributed by atoms with van der Waals surface area (Å²) in [7, 11) is 0. The van der Waals surface area contributed by atoms with Gasteiger partial charge in [0.25, 0.3) is 0 Å². The van der Waals surface area contributed by atoms with Gasteiger partial charge in [-0.3, -0.25) is 0 Å². The highest BCUT2D eigenvalue weighted by Gasteiger charge is 2.14. The van der Waals surface area contributed by atoms with Gasteiger partial charge in [-0.1, -0.05) is 36.4 Å². The van der Waals surface area contributed by atoms with Crippen LogP contribution in [0.25, 0.3) is 0 Å². The van der Waals surface area contributed by atoms with Crippen LogP contribution in [0.15, 0.2) is 48.5 Å². The second-order valence-corrected chi connectivity index (χ2v) is 5.06. The molecule has 0 aromatic heterocycles. The average molecular weight is 320 g/mol. The maximum atomic E-state index is 13.5. The average Bonchev–Trinajstić information content (AvgIpc) is 2.56. The van der Waals surface area contributed by atoms with Gasteiger partial charge in [0.1, 0.15) is 0 Å². The number of aliphatic hydroxyl groups excluding tert-OH is 1. The number of hydrogen-bond donors (Lipinski definition) is 3. The van der Waals surface area contributed by atoms with E-state index in [-0.39, 0.29) is 24.8 Å². The Labute approximate surface area is 133 Å². The molecule has 1 atom stereocenters. The Morgan fingerprint density at radius 3 is 2.52 bits per heavy atom. The van der Waals surface area contributed by atoms with Crippen molar-refractivity contribution in [2.45, 2.75) is 12.3 Å². The van der Waals surface area contributed by atoms with E-state index in [4.69, 9.17) is 5.11 Å². The maximum Gasteiger partial charge on any atom is 0.319 e. The van der Waals surface area contributed by atoms with Gasteiger partial charge in [0.2, 0.25) is 0 Å². The van der Waals surface area contributed by atoms with E-state index in [1.165, 1.54) is 12.1 Å². The first-order valence-corrected chi connectivity index (χ1v) is 7.26. The molecule has 0 spiro atoms. The molecule has 0 aliphatic carbocycles. The van der Waals surface area contributed by atoms with Crippen molar-refractivity contribution in [3.8, 4) is 0 Å². The largest absolute Gasteiger partial charge is 0.396 e. The molecule has 6 heteroatoms. The van der Waals surface area contributed by atoms with Crippen molar-refractivity contribution in [3.63, 3.8) is 0 Å². The molecule has 23 heavy (non-hydrogen) atoms. The van der Waals surface area contributed by atoms with Crippen LogP contribution < -0.4 is 10.6 Å². The van der Waals surface area contributed by atoms with Crippen molar-refractivity contribution >= 4 is 11.7 Å². The molecule has 2 rings (SSSR count). The summed E-state index contributed by atoms with van der Waals surface area (Å²) in [6, 6.07) is 12.4. The van der Waals surface area contributed by atoms with E-state index >= 15 is 0 Å². The van der Waals surface area contributed by atoms with Gasteiger partial charge in [0.05, 0.1) is 5.69 Å². The monoisotopic (exact) mass is 320 g/mol. The van der Waals surface area contributed by atoms with Crippen LogP contribution in [0.2, 0.25) is 0 Å². The second-order valence-electron chi connectivity index (χ2n) is 5.06. The number of rotatable bonds is 6. The van der Waals surface area contributed by atoms with Crippen LogP contribution in [0.4, 0.5) is 19.3 Å². The fourth-order valence-corrected chi connectivity index (χ4v) is 2.25. The van der Waals surface area contributed by atoms with Gasteiger partial charge in [-0.05, 0) is 24.1 Å². The summed E-state index contributed by atoms with van der Waals surface area (Å²) in [4.78, 5) is 11.8. The van der Waals surface area contributed by atoms with Crippen LogP contribution in [0.3, 0.4) is 0 Å². The van der Waals surface area contributed by atoms with Gasteiger partial charge in [-0.2, -0.15) is 0 Å². The summed E-state index contributed by atoms with van der Waals surface area (Å²) in [5.41, 5.74) is 0.764. The van der Waals surface area contributed by atoms with Crippen LogP contribution in [0, 0.1) is 11.6 Å². The zero-order valence-electron chi connectivity index (χ0n) is 12.4. The summed E-state index contributed by atoms with van der Waals surface area (Å²) in [6.45, 7) is 0.259. The number of carbonyl (C=O) groups is 1. The lowest BCUT2D eigenvalue weighted by Gasteiger charge is -2.17. The van der Waals surface area contributed by atoms with Crippen molar-refractivity contribution in [2.75, 3.05) is 18.5 Å². The number of hydrogen-bond acceptors (Lipinski definition) is 2. The number of urea groups is 1. The topological polar surface area (TPSA) is 61.4 Å². The van der Waals surface area contributed by atoms with Crippen molar-refractivity contribution < 1.29 is 18.7 Å². The molecule has 2 aromatic carbocycles. The van der Waals surface area contributed by atoms with Gasteiger partial charge >= 0.3 is 6.03 Å². The lowest BCUT2D eigenvalue weighted by atomic mass is 9.96. The Morgan fingerprint density at radius 1 is 1.09 bits per heavy atom. The Morgan fingerprint density at radius 2 is 1.83 bits per heavy atom. The third-order valence-electron chi connectivity index (χ3n) is 3.46. The Hall–Kier alpha value is -2.47. The molecule has 4 nitrogen and oxygen atoms in total. The van der Waals surface area contributed by atoms with Crippen LogP contribution >= 0.6 is 0 Å². The van der Waals surface area contributed by atoms with Gasteiger partial charge in [0.15, 0.2) is 11.6 Å². The summed E-state index contributed by atoms with van der Waals surface area (Å²) in [5.74, 6) is -2.19. The molecule has 2 aromatic rings. The molecule has 2 amide bonds. The van der Waals surface area contributed by atoms with E-state index in [1.807, 2.05) is 30.3 Å². The molecule has 0 aliphatic heterocycles. The fourth-order valence-electron chi connectivity index (χ4n) is 2.25. The Balaban J connectivity index is 1.95. The quantitative estimate of drug-likeness (QED) is 0.765. The fraction of sp³-hybridized carbons (Fsp3) is 0.235. The highest BCUT2D eigenvalue weighted by molar-refractivity contribution is 5.89. The Kier molecular flexibility index (Phi) is 6.05. The predicted octanol–water partition coefficient (Wildman–Crippen LogP) is 3.25. The van der Waals surface area contributed by atoms with E-state index in [1.54, 1.807) is 0 Å². The molecular formula is C17H18F2N2O2. The maximum absolute atomic E-state index is 13.5. The van der Waals surface area contributed by atoms with E-state index in [0.29, 0.717) is 6.42 Å². The lowest BCUT2D eigenvalue weighted by molar-refractivity contribution is 0.248. The molecule has 0 fully saturated rings. The third kappa shape index (κ3) is 4.75. The first-order valence-electron chi connectivity index (χ1n) is 7.26. The molecule has 0 saturated carbocycles. The number of nitrogens with one attached hydrogen (secondary N) is 2. The molecule has 122 valence electrons. The van der Waals surface area contributed by atoms with Gasteiger partial charge in [0, 0.05) is 19.1 Å². The number of halogens is 2. The van der Waals surface area contributed by atoms with Crippen LogP contribution in [-0.4, -0.2) is 24.3 Å². The standard InChI is InChI=1S/C17H18F2N2O2/c18-14-7-4-8-15(16(14)19)21-17(23)20-11-13(9-10-22)12-5-2-1-3-6-12/h1-8,13,22H,9-11H2,(H2,20,21,23). The first-order chi connectivity index (χ1) is 11.1. The minimum atomic E-state index is -1.10. The summed E-state index contributed by atoms with van der Waals surface area (Å²) < 4.78 is 26.6. The molecule has 1 unspecified atom stereocenters. The number of carbonyl (C=O) groups excluding carboxylic acids is 1. The first kappa shape index (κ1) is 16.9. The van der Waals surface area contributed by atoms with Gasteiger partial charge < -0.3 is 15.7 Å².